The molecule has 0 aliphatic carbocycles. The third-order valence-electron chi connectivity index (χ3n) is 2.42. The molecule has 0 aliphatic heterocycles. The van der Waals surface area contributed by atoms with E-state index in [1.54, 1.807) is 24.3 Å². The van der Waals surface area contributed by atoms with Crippen molar-refractivity contribution in [3.63, 3.8) is 0 Å². The number of H-pyrrole nitrogens is 1. The van der Waals surface area contributed by atoms with Gasteiger partial charge in [0.15, 0.2) is 5.69 Å². The zero-order valence-electron chi connectivity index (χ0n) is 10.6. The quantitative estimate of drug-likeness (QED) is 0.755. The molecule has 0 spiro atoms. The van der Waals surface area contributed by atoms with E-state index in [2.05, 4.69) is 15.5 Å². The summed E-state index contributed by atoms with van der Waals surface area (Å²) < 4.78 is 5.39. The molecule has 0 atom stereocenters. The van der Waals surface area contributed by atoms with Gasteiger partial charge in [-0.3, -0.25) is 9.89 Å². The van der Waals surface area contributed by atoms with E-state index in [-0.39, 0.29) is 5.91 Å². The van der Waals surface area contributed by atoms with Gasteiger partial charge in [0.1, 0.15) is 12.4 Å². The minimum absolute atomic E-state index is 0.264. The fourth-order valence-corrected chi connectivity index (χ4v) is 1.57. The number of carbonyl (C=O) groups excluding carboxylic acids is 1. The van der Waals surface area contributed by atoms with Gasteiger partial charge in [-0.2, -0.15) is 5.10 Å². The van der Waals surface area contributed by atoms with Gasteiger partial charge < -0.3 is 15.8 Å². The average molecular weight is 260 g/mol. The van der Waals surface area contributed by atoms with E-state index >= 15 is 0 Å². The van der Waals surface area contributed by atoms with Gasteiger partial charge in [-0.05, 0) is 25.1 Å². The number of carbonyl (C=O) groups is 1. The molecule has 6 nitrogen and oxygen atoms in total. The van der Waals surface area contributed by atoms with Gasteiger partial charge in [-0.15, -0.1) is 0 Å². The Morgan fingerprint density at radius 2 is 2.32 bits per heavy atom. The summed E-state index contributed by atoms with van der Waals surface area (Å²) in [5, 5.41) is 9.38. The van der Waals surface area contributed by atoms with Crippen molar-refractivity contribution in [3.8, 4) is 5.75 Å². The molecule has 0 saturated heterocycles. The maximum atomic E-state index is 11.9. The minimum atomic E-state index is -0.264. The van der Waals surface area contributed by atoms with Gasteiger partial charge in [0.05, 0.1) is 0 Å². The van der Waals surface area contributed by atoms with Crippen molar-refractivity contribution < 1.29 is 9.53 Å². The Balaban J connectivity index is 2.04. The number of nitrogens with one attached hydrogen (secondary N) is 2. The van der Waals surface area contributed by atoms with Crippen LogP contribution in [0.4, 0.5) is 5.69 Å². The Kier molecular flexibility index (Phi) is 4.15. The molecule has 0 bridgehead atoms. The molecule has 0 radical (unpaired) electrons. The molecule has 2 rings (SSSR count). The lowest BCUT2D eigenvalue weighted by atomic mass is 10.3. The lowest BCUT2D eigenvalue weighted by molar-refractivity contribution is 0.102. The summed E-state index contributed by atoms with van der Waals surface area (Å²) in [5.41, 5.74) is 7.21. The molecule has 1 aromatic carbocycles. The van der Waals surface area contributed by atoms with E-state index in [1.807, 2.05) is 13.0 Å². The van der Waals surface area contributed by atoms with Crippen LogP contribution in [-0.2, 0) is 0 Å². The SMILES string of the molecule is Cc1cc(C(=O)Nc2cccc(OCCN)c2)n[nH]1. The van der Waals surface area contributed by atoms with E-state index < -0.39 is 0 Å². The van der Waals surface area contributed by atoms with E-state index in [4.69, 9.17) is 10.5 Å². The van der Waals surface area contributed by atoms with E-state index in [0.29, 0.717) is 30.3 Å². The number of aromatic nitrogens is 2. The molecular weight excluding hydrogens is 244 g/mol. The summed E-state index contributed by atoms with van der Waals surface area (Å²) in [5.74, 6) is 0.404. The molecular formula is C13H16N4O2. The number of benzene rings is 1. The molecule has 0 unspecified atom stereocenters. The fraction of sp³-hybridized carbons (Fsp3) is 0.231. The third-order valence-corrected chi connectivity index (χ3v) is 2.42. The summed E-state index contributed by atoms with van der Waals surface area (Å²) in [6, 6.07) is 8.82. The van der Waals surface area contributed by atoms with Crippen molar-refractivity contribution in [2.24, 2.45) is 5.73 Å². The predicted octanol–water partition coefficient (Wildman–Crippen LogP) is 1.31. The molecule has 100 valence electrons. The van der Waals surface area contributed by atoms with E-state index in [0.717, 1.165) is 5.69 Å². The van der Waals surface area contributed by atoms with E-state index in [9.17, 15) is 4.79 Å². The van der Waals surface area contributed by atoms with Crippen molar-refractivity contribution in [2.45, 2.75) is 6.92 Å². The monoisotopic (exact) mass is 260 g/mol. The highest BCUT2D eigenvalue weighted by atomic mass is 16.5. The largest absolute Gasteiger partial charge is 0.492 e. The summed E-state index contributed by atoms with van der Waals surface area (Å²) in [7, 11) is 0. The van der Waals surface area contributed by atoms with Gasteiger partial charge in [-0.25, -0.2) is 0 Å². The highest BCUT2D eigenvalue weighted by molar-refractivity contribution is 6.02. The van der Waals surface area contributed by atoms with Crippen LogP contribution in [-0.4, -0.2) is 29.3 Å². The highest BCUT2D eigenvalue weighted by Crippen LogP contribution is 2.17. The molecule has 1 aromatic heterocycles. The van der Waals surface area contributed by atoms with Crippen LogP contribution < -0.4 is 15.8 Å². The summed E-state index contributed by atoms with van der Waals surface area (Å²) in [4.78, 5) is 11.9. The first-order valence-electron chi connectivity index (χ1n) is 5.95. The number of nitrogens with zero attached hydrogens (tertiary/aromatic N) is 1. The molecule has 4 N–H and O–H groups in total. The molecule has 0 aliphatic rings. The summed E-state index contributed by atoms with van der Waals surface area (Å²) in [6.45, 7) is 2.73. The number of aromatic amines is 1. The van der Waals surface area contributed by atoms with Crippen LogP contribution in [0.3, 0.4) is 0 Å². The second kappa shape index (κ2) is 6.01. The molecule has 0 fully saturated rings. The molecule has 1 heterocycles. The molecule has 2 aromatic rings. The topological polar surface area (TPSA) is 93.0 Å². The zero-order valence-corrected chi connectivity index (χ0v) is 10.6. The van der Waals surface area contributed by atoms with Crippen molar-refractivity contribution in [1.29, 1.82) is 0 Å². The van der Waals surface area contributed by atoms with Crippen LogP contribution in [0.2, 0.25) is 0 Å². The van der Waals surface area contributed by atoms with Crippen LogP contribution in [0.25, 0.3) is 0 Å². The number of nitrogens with two attached hydrogens (primary N) is 1. The average Bonchev–Trinajstić information content (AvgIpc) is 2.83. The molecule has 1 amide bonds. The Morgan fingerprint density at radius 1 is 1.47 bits per heavy atom. The molecule has 6 heteroatoms. The fourth-order valence-electron chi connectivity index (χ4n) is 1.57. The van der Waals surface area contributed by atoms with Crippen LogP contribution in [0.15, 0.2) is 30.3 Å². The Morgan fingerprint density at radius 3 is 3.00 bits per heavy atom. The Labute approximate surface area is 111 Å². The van der Waals surface area contributed by atoms with Crippen molar-refractivity contribution in [2.75, 3.05) is 18.5 Å². The maximum absolute atomic E-state index is 11.9. The summed E-state index contributed by atoms with van der Waals surface area (Å²) >= 11 is 0. The van der Waals surface area contributed by atoms with Crippen molar-refractivity contribution in [1.82, 2.24) is 10.2 Å². The highest BCUT2D eigenvalue weighted by Gasteiger charge is 2.09. The first-order chi connectivity index (χ1) is 9.19. The lowest BCUT2D eigenvalue weighted by Crippen LogP contribution is -2.13. The van der Waals surface area contributed by atoms with Gasteiger partial charge in [0.25, 0.3) is 5.91 Å². The smallest absolute Gasteiger partial charge is 0.276 e. The van der Waals surface area contributed by atoms with Gasteiger partial charge in [0, 0.05) is 24.0 Å². The first-order valence-corrected chi connectivity index (χ1v) is 5.95. The number of anilines is 1. The molecule has 0 saturated carbocycles. The second-order valence-electron chi connectivity index (χ2n) is 4.06. The van der Waals surface area contributed by atoms with Crippen molar-refractivity contribution >= 4 is 11.6 Å². The summed E-state index contributed by atoms with van der Waals surface area (Å²) in [6.07, 6.45) is 0. The van der Waals surface area contributed by atoms with Gasteiger partial charge in [0.2, 0.25) is 0 Å². The zero-order chi connectivity index (χ0) is 13.7. The van der Waals surface area contributed by atoms with Crippen molar-refractivity contribution in [3.05, 3.63) is 41.7 Å². The maximum Gasteiger partial charge on any atom is 0.276 e. The number of hydrogen-bond donors (Lipinski definition) is 3. The lowest BCUT2D eigenvalue weighted by Gasteiger charge is -2.07. The number of rotatable bonds is 5. The van der Waals surface area contributed by atoms with Crippen LogP contribution in [0.5, 0.6) is 5.75 Å². The first kappa shape index (κ1) is 13.1. The van der Waals surface area contributed by atoms with Crippen LogP contribution in [0, 0.1) is 6.92 Å². The van der Waals surface area contributed by atoms with E-state index in [1.165, 1.54) is 0 Å². The third kappa shape index (κ3) is 3.56. The normalized spacial score (nSPS) is 10.2. The Hall–Kier alpha value is -2.34. The number of amides is 1. The van der Waals surface area contributed by atoms with Gasteiger partial charge >= 0.3 is 0 Å². The Bertz CT molecular complexity index is 565. The number of aryl methyl sites for hydroxylation is 1. The second-order valence-corrected chi connectivity index (χ2v) is 4.06. The van der Waals surface area contributed by atoms with Crippen LogP contribution in [0.1, 0.15) is 16.2 Å². The molecule has 19 heavy (non-hydrogen) atoms. The number of ether oxygens (including phenoxy) is 1. The minimum Gasteiger partial charge on any atom is -0.492 e. The van der Waals surface area contributed by atoms with Gasteiger partial charge in [-0.1, -0.05) is 6.07 Å². The predicted molar refractivity (Wildman–Crippen MR) is 72.3 cm³/mol. The number of hydrogen-bond acceptors (Lipinski definition) is 4. The standard InChI is InChI=1S/C13H16N4O2/c1-9-7-12(17-16-9)13(18)15-10-3-2-4-11(8-10)19-6-5-14/h2-4,7-8H,5-6,14H2,1H3,(H,15,18)(H,16,17). The van der Waals surface area contributed by atoms with Crippen LogP contribution >= 0.6 is 0 Å².